The zero-order valence-corrected chi connectivity index (χ0v) is 27.4. The molecule has 0 aromatic heterocycles. The number of likely N-dealkylation sites (N-methyl/N-ethyl adjacent to an activating group) is 1. The van der Waals surface area contributed by atoms with Crippen LogP contribution < -0.4 is 19.8 Å². The fraction of sp³-hybridized carbons (Fsp3) is 0.500. The van der Waals surface area contributed by atoms with E-state index in [-0.39, 0.29) is 6.03 Å². The quantitative estimate of drug-likeness (QED) is 0.356. The minimum atomic E-state index is -0.250. The average molecular weight is 618 g/mol. The van der Waals surface area contributed by atoms with E-state index in [2.05, 4.69) is 98.8 Å². The van der Waals surface area contributed by atoms with Gasteiger partial charge in [-0.25, -0.2) is 4.79 Å². The lowest BCUT2D eigenvalue weighted by molar-refractivity contribution is 0.0211. The van der Waals surface area contributed by atoms with Gasteiger partial charge in [0, 0.05) is 80.0 Å². The molecule has 1 unspecified atom stereocenters. The van der Waals surface area contributed by atoms with Crippen molar-refractivity contribution in [3.05, 3.63) is 71.5 Å². The van der Waals surface area contributed by atoms with Gasteiger partial charge < -0.3 is 35.0 Å². The maximum atomic E-state index is 12.8. The van der Waals surface area contributed by atoms with Gasteiger partial charge in [0.15, 0.2) is 0 Å². The number of allylic oxidation sites excluding steroid dienone is 1. The van der Waals surface area contributed by atoms with Crippen LogP contribution in [0.25, 0.3) is 0 Å². The van der Waals surface area contributed by atoms with Crippen molar-refractivity contribution in [3.63, 3.8) is 0 Å². The Bertz CT molecular complexity index is 1330. The number of nitrogens with one attached hydrogen (secondary N) is 2. The van der Waals surface area contributed by atoms with E-state index in [0.717, 1.165) is 69.5 Å². The van der Waals surface area contributed by atoms with Crippen LogP contribution in [0.1, 0.15) is 40.5 Å². The van der Waals surface area contributed by atoms with Crippen LogP contribution >= 0.6 is 11.9 Å². The van der Waals surface area contributed by atoms with Gasteiger partial charge >= 0.3 is 6.03 Å². The number of urea groups is 1. The van der Waals surface area contributed by atoms with Crippen LogP contribution in [0.5, 0.6) is 0 Å². The number of morpholine rings is 1. The van der Waals surface area contributed by atoms with Crippen molar-refractivity contribution in [2.45, 2.75) is 58.7 Å². The van der Waals surface area contributed by atoms with Crippen molar-refractivity contribution in [2.24, 2.45) is 0 Å². The molecule has 4 aliphatic rings. The van der Waals surface area contributed by atoms with Crippen LogP contribution in [0.3, 0.4) is 0 Å². The number of rotatable bonds is 7. The Morgan fingerprint density at radius 2 is 1.45 bits per heavy atom. The molecule has 0 radical (unpaired) electrons. The minimum Gasteiger partial charge on any atom is -0.377 e. The molecule has 2 aromatic carbocycles. The molecule has 4 heterocycles. The molecule has 0 saturated carbocycles. The first-order chi connectivity index (χ1) is 21.4. The van der Waals surface area contributed by atoms with E-state index in [4.69, 9.17) is 4.74 Å². The van der Waals surface area contributed by atoms with Crippen LogP contribution in [0.2, 0.25) is 0 Å². The van der Waals surface area contributed by atoms with Crippen molar-refractivity contribution in [2.75, 3.05) is 72.3 Å². The summed E-state index contributed by atoms with van der Waals surface area (Å²) in [6.45, 7) is 16.8. The maximum absolute atomic E-state index is 12.8. The van der Waals surface area contributed by atoms with Gasteiger partial charge in [0.25, 0.3) is 0 Å². The molecule has 0 spiro atoms. The molecule has 2 amide bonds. The third kappa shape index (κ3) is 6.98. The Balaban J connectivity index is 1.10. The van der Waals surface area contributed by atoms with Gasteiger partial charge in [0.05, 0.1) is 35.7 Å². The second-order valence-electron chi connectivity index (χ2n) is 12.3. The van der Waals surface area contributed by atoms with Crippen molar-refractivity contribution < 1.29 is 9.53 Å². The summed E-state index contributed by atoms with van der Waals surface area (Å²) in [5.41, 5.74) is 5.05. The molecule has 236 valence electrons. The van der Waals surface area contributed by atoms with Crippen LogP contribution in [-0.2, 0) is 4.74 Å². The lowest BCUT2D eigenvalue weighted by atomic mass is 10.2. The first-order valence-electron chi connectivity index (χ1n) is 16.2. The molecule has 0 aliphatic carbocycles. The Labute approximate surface area is 267 Å². The number of nitrogens with zero attached hydrogens (tertiary/aromatic N) is 5. The zero-order valence-electron chi connectivity index (χ0n) is 26.5. The molecular weight excluding hydrogens is 570 g/mol. The summed E-state index contributed by atoms with van der Waals surface area (Å²) in [5, 5.41) is 7.22. The largest absolute Gasteiger partial charge is 0.377 e. The molecule has 44 heavy (non-hydrogen) atoms. The molecule has 3 fully saturated rings. The lowest BCUT2D eigenvalue weighted by Crippen LogP contribution is -2.46. The minimum absolute atomic E-state index is 0.250. The Morgan fingerprint density at radius 3 is 2.05 bits per heavy atom. The number of likely N-dealkylation sites (tertiary alicyclic amines) is 1. The molecule has 6 rings (SSSR count). The van der Waals surface area contributed by atoms with Gasteiger partial charge in [-0.05, 0) is 94.8 Å². The fourth-order valence-corrected chi connectivity index (χ4v) is 7.80. The number of hydrogen-bond donors (Lipinski definition) is 2. The number of benzene rings is 2. The summed E-state index contributed by atoms with van der Waals surface area (Å²) in [5.74, 6) is 0. The Hall–Kier alpha value is -3.34. The number of anilines is 4. The predicted octanol–water partition coefficient (Wildman–Crippen LogP) is 6.22. The third-order valence-electron chi connectivity index (χ3n) is 9.30. The van der Waals surface area contributed by atoms with Crippen LogP contribution in [-0.4, -0.2) is 91.3 Å². The highest BCUT2D eigenvalue weighted by Crippen LogP contribution is 2.40. The van der Waals surface area contributed by atoms with Crippen LogP contribution in [0, 0.1) is 0 Å². The van der Waals surface area contributed by atoms with Gasteiger partial charge in [-0.1, -0.05) is 6.92 Å². The van der Waals surface area contributed by atoms with Gasteiger partial charge in [0.2, 0.25) is 0 Å². The standard InChI is InChI=1S/C34H47N7O2S/c1-5-37-16-18-38(19-17-37)30-12-8-28(9-13-30)35-34(42)36-29-10-14-31(15-11-29)40-23-32(41-25(2)6-7-26(41)3)22-33(44-40)39-20-21-43-24-27(39)4/h8-15,22-23,25-27H,5-7,16-21,24H2,1-4H3,(H2,35,36,42)/t25-,26+,27?. The van der Waals surface area contributed by atoms with Gasteiger partial charge in [-0.15, -0.1) is 0 Å². The first-order valence-corrected chi connectivity index (χ1v) is 16.9. The monoisotopic (exact) mass is 617 g/mol. The topological polar surface area (TPSA) is 66.6 Å². The number of piperazine rings is 1. The first kappa shape index (κ1) is 30.7. The molecular formula is C34H47N7O2S. The maximum Gasteiger partial charge on any atom is 0.323 e. The highest BCUT2D eigenvalue weighted by atomic mass is 32.2. The zero-order chi connectivity index (χ0) is 30.6. The normalized spacial score (nSPS) is 24.7. The van der Waals surface area contributed by atoms with Crippen LogP contribution in [0.15, 0.2) is 71.5 Å². The lowest BCUT2D eigenvalue weighted by Gasteiger charge is -2.41. The van der Waals surface area contributed by atoms with E-state index < -0.39 is 0 Å². The second kappa shape index (κ2) is 13.7. The van der Waals surface area contributed by atoms with Crippen molar-refractivity contribution in [1.29, 1.82) is 0 Å². The van der Waals surface area contributed by atoms with Crippen molar-refractivity contribution in [3.8, 4) is 0 Å². The highest BCUT2D eigenvalue weighted by molar-refractivity contribution is 8.04. The summed E-state index contributed by atoms with van der Waals surface area (Å²) in [7, 11) is 0. The third-order valence-corrected chi connectivity index (χ3v) is 10.4. The van der Waals surface area contributed by atoms with Gasteiger partial charge in [-0.3, -0.25) is 4.31 Å². The fourth-order valence-electron chi connectivity index (χ4n) is 6.66. The summed E-state index contributed by atoms with van der Waals surface area (Å²) < 4.78 is 8.00. The number of amides is 2. The Kier molecular flexibility index (Phi) is 9.59. The summed E-state index contributed by atoms with van der Waals surface area (Å²) in [6, 6.07) is 17.3. The molecule has 0 bridgehead atoms. The van der Waals surface area contributed by atoms with E-state index in [1.54, 1.807) is 11.9 Å². The van der Waals surface area contributed by atoms with E-state index in [1.807, 2.05) is 24.3 Å². The van der Waals surface area contributed by atoms with E-state index in [1.165, 1.54) is 29.3 Å². The molecule has 2 N–H and O–H groups in total. The predicted molar refractivity (Wildman–Crippen MR) is 183 cm³/mol. The Morgan fingerprint density at radius 1 is 0.841 bits per heavy atom. The van der Waals surface area contributed by atoms with Gasteiger partial charge in [0.1, 0.15) is 0 Å². The summed E-state index contributed by atoms with van der Waals surface area (Å²) in [4.78, 5) is 22.7. The smallest absolute Gasteiger partial charge is 0.323 e. The molecule has 2 aromatic rings. The summed E-state index contributed by atoms with van der Waals surface area (Å²) >= 11 is 1.75. The molecule has 3 atom stereocenters. The number of ether oxygens (including phenoxy) is 1. The number of hydrogen-bond acceptors (Lipinski definition) is 8. The van der Waals surface area contributed by atoms with Crippen molar-refractivity contribution >= 4 is 40.7 Å². The second-order valence-corrected chi connectivity index (χ2v) is 13.3. The summed E-state index contributed by atoms with van der Waals surface area (Å²) in [6.07, 6.45) is 7.05. The van der Waals surface area contributed by atoms with E-state index >= 15 is 0 Å². The highest BCUT2D eigenvalue weighted by Gasteiger charge is 2.33. The average Bonchev–Trinajstić information content (AvgIpc) is 3.39. The van der Waals surface area contributed by atoms with E-state index in [0.29, 0.717) is 18.1 Å². The SMILES string of the molecule is CCN1CCN(c2ccc(NC(=O)Nc3ccc(N4C=C(N5[C@H](C)CC[C@@H]5C)C=C(N5CCOCC5C)S4)cc3)cc2)CC1. The van der Waals surface area contributed by atoms with E-state index in [9.17, 15) is 4.79 Å². The number of carbonyl (C=O) groups excluding carboxylic acids is 1. The van der Waals surface area contributed by atoms with Gasteiger partial charge in [-0.2, -0.15) is 0 Å². The molecule has 4 aliphatic heterocycles. The number of carbonyl (C=O) groups is 1. The molecule has 9 nitrogen and oxygen atoms in total. The van der Waals surface area contributed by atoms with Crippen LogP contribution in [0.4, 0.5) is 27.5 Å². The molecule has 10 heteroatoms. The van der Waals surface area contributed by atoms with Crippen molar-refractivity contribution in [1.82, 2.24) is 14.7 Å². The molecule has 3 saturated heterocycles.